The van der Waals surface area contributed by atoms with Gasteiger partial charge in [0, 0.05) is 31.0 Å². The number of hydrogen-bond donors (Lipinski definition) is 1. The smallest absolute Gasteiger partial charge is 0.270 e. The van der Waals surface area contributed by atoms with Gasteiger partial charge in [-0.25, -0.2) is 0 Å². The van der Waals surface area contributed by atoms with Crippen LogP contribution in [0.4, 0.5) is 5.69 Å². The third-order valence-corrected chi connectivity index (χ3v) is 3.99. The molecule has 2 heterocycles. The minimum Gasteiger partial charge on any atom is -0.371 e. The van der Waals surface area contributed by atoms with Crippen molar-refractivity contribution >= 4 is 11.6 Å². The van der Waals surface area contributed by atoms with Crippen LogP contribution in [0.5, 0.6) is 0 Å². The van der Waals surface area contributed by atoms with Gasteiger partial charge in [-0.15, -0.1) is 0 Å². The Balaban J connectivity index is 2.09. The first kappa shape index (κ1) is 14.8. The molecule has 0 aliphatic carbocycles. The molecule has 1 saturated heterocycles. The normalized spacial score (nSPS) is 20.6. The quantitative estimate of drug-likeness (QED) is 0.919. The summed E-state index contributed by atoms with van der Waals surface area (Å²) in [6.07, 6.45) is 5.18. The predicted molar refractivity (Wildman–Crippen MR) is 82.1 cm³/mol. The van der Waals surface area contributed by atoms with Crippen LogP contribution in [0.2, 0.25) is 0 Å². The second-order valence-corrected chi connectivity index (χ2v) is 5.88. The molecule has 110 valence electrons. The van der Waals surface area contributed by atoms with Gasteiger partial charge in [-0.05, 0) is 44.2 Å². The van der Waals surface area contributed by atoms with E-state index >= 15 is 0 Å². The zero-order chi connectivity index (χ0) is 14.5. The number of piperidine rings is 1. The van der Waals surface area contributed by atoms with Gasteiger partial charge in [-0.1, -0.05) is 13.8 Å². The topological polar surface area (TPSA) is 45.2 Å². The molecular formula is C16H25N3O. The Morgan fingerprint density at radius 3 is 3.10 bits per heavy atom. The summed E-state index contributed by atoms with van der Waals surface area (Å²) >= 11 is 0. The molecule has 0 aromatic carbocycles. The lowest BCUT2D eigenvalue weighted by atomic mass is 10.00. The molecule has 4 nitrogen and oxygen atoms in total. The van der Waals surface area contributed by atoms with E-state index in [9.17, 15) is 4.79 Å². The highest BCUT2D eigenvalue weighted by Gasteiger charge is 2.18. The van der Waals surface area contributed by atoms with Crippen molar-refractivity contribution in [3.8, 4) is 0 Å². The molecule has 0 saturated carbocycles. The number of pyridine rings is 1. The molecule has 1 aromatic heterocycles. The van der Waals surface area contributed by atoms with E-state index in [0.29, 0.717) is 11.6 Å². The molecule has 0 bridgehead atoms. The van der Waals surface area contributed by atoms with Crippen molar-refractivity contribution in [2.45, 2.75) is 46.1 Å². The monoisotopic (exact) mass is 275 g/mol. The Kier molecular flexibility index (Phi) is 4.99. The van der Waals surface area contributed by atoms with Crippen LogP contribution in [0.25, 0.3) is 0 Å². The van der Waals surface area contributed by atoms with Gasteiger partial charge < -0.3 is 10.2 Å². The number of rotatable bonds is 4. The third kappa shape index (κ3) is 3.71. The molecule has 20 heavy (non-hydrogen) atoms. The van der Waals surface area contributed by atoms with Crippen LogP contribution in [0.1, 0.15) is 50.5 Å². The SMILES string of the molecule is CCC(C)NC(=O)c1cc(N2CCCC(C)C2)ccn1. The average molecular weight is 275 g/mol. The number of hydrogen-bond acceptors (Lipinski definition) is 3. The minimum atomic E-state index is -0.0775. The Hall–Kier alpha value is -1.58. The molecule has 1 N–H and O–H groups in total. The van der Waals surface area contributed by atoms with Gasteiger partial charge in [-0.3, -0.25) is 9.78 Å². The number of nitrogens with one attached hydrogen (secondary N) is 1. The lowest BCUT2D eigenvalue weighted by Crippen LogP contribution is -2.35. The molecule has 1 aliphatic rings. The number of carbonyl (C=O) groups excluding carboxylic acids is 1. The van der Waals surface area contributed by atoms with Crippen LogP contribution in [-0.4, -0.2) is 30.0 Å². The summed E-state index contributed by atoms with van der Waals surface area (Å²) in [5.74, 6) is 0.639. The Labute approximate surface area is 121 Å². The van der Waals surface area contributed by atoms with Gasteiger partial charge in [0.15, 0.2) is 0 Å². The molecule has 2 atom stereocenters. The average Bonchev–Trinajstić information content (AvgIpc) is 2.47. The van der Waals surface area contributed by atoms with E-state index in [2.05, 4.69) is 29.0 Å². The number of aromatic nitrogens is 1. The van der Waals surface area contributed by atoms with Crippen LogP contribution in [0.15, 0.2) is 18.3 Å². The molecule has 1 fully saturated rings. The lowest BCUT2D eigenvalue weighted by Gasteiger charge is -2.32. The number of amides is 1. The van der Waals surface area contributed by atoms with Gasteiger partial charge in [0.05, 0.1) is 0 Å². The van der Waals surface area contributed by atoms with Crippen molar-refractivity contribution in [3.05, 3.63) is 24.0 Å². The van der Waals surface area contributed by atoms with Crippen molar-refractivity contribution in [1.29, 1.82) is 0 Å². The summed E-state index contributed by atoms with van der Waals surface area (Å²) < 4.78 is 0. The first-order chi connectivity index (χ1) is 9.60. The molecular weight excluding hydrogens is 250 g/mol. The molecule has 2 unspecified atom stereocenters. The number of carbonyl (C=O) groups is 1. The fourth-order valence-electron chi connectivity index (χ4n) is 2.56. The van der Waals surface area contributed by atoms with Crippen LogP contribution >= 0.6 is 0 Å². The standard InChI is InChI=1S/C16H25N3O/c1-4-13(3)18-16(20)15-10-14(7-8-17-15)19-9-5-6-12(2)11-19/h7-8,10,12-13H,4-6,9,11H2,1-3H3,(H,18,20). The van der Waals surface area contributed by atoms with Crippen LogP contribution in [0.3, 0.4) is 0 Å². The van der Waals surface area contributed by atoms with Crippen molar-refractivity contribution in [1.82, 2.24) is 10.3 Å². The largest absolute Gasteiger partial charge is 0.371 e. The summed E-state index contributed by atoms with van der Waals surface area (Å²) in [6, 6.07) is 4.09. The molecule has 1 aromatic rings. The fourth-order valence-corrected chi connectivity index (χ4v) is 2.56. The highest BCUT2D eigenvalue weighted by Crippen LogP contribution is 2.22. The number of anilines is 1. The Bertz CT molecular complexity index is 461. The van der Waals surface area contributed by atoms with Gasteiger partial charge in [0.1, 0.15) is 5.69 Å². The van der Waals surface area contributed by atoms with Crippen molar-refractivity contribution in [3.63, 3.8) is 0 Å². The third-order valence-electron chi connectivity index (χ3n) is 3.99. The summed E-state index contributed by atoms with van der Waals surface area (Å²) in [5.41, 5.74) is 1.63. The van der Waals surface area contributed by atoms with E-state index in [1.54, 1.807) is 6.20 Å². The first-order valence-electron chi connectivity index (χ1n) is 7.62. The molecule has 4 heteroatoms. The molecule has 2 rings (SSSR count). The van der Waals surface area contributed by atoms with Gasteiger partial charge in [0.25, 0.3) is 5.91 Å². The maximum absolute atomic E-state index is 12.1. The second-order valence-electron chi connectivity index (χ2n) is 5.88. The number of nitrogens with zero attached hydrogens (tertiary/aromatic N) is 2. The summed E-state index contributed by atoms with van der Waals surface area (Å²) in [6.45, 7) is 8.49. The molecule has 1 aliphatic heterocycles. The maximum Gasteiger partial charge on any atom is 0.270 e. The van der Waals surface area contributed by atoms with E-state index in [0.717, 1.165) is 25.2 Å². The van der Waals surface area contributed by atoms with E-state index in [1.165, 1.54) is 12.8 Å². The second kappa shape index (κ2) is 6.73. The van der Waals surface area contributed by atoms with Crippen LogP contribution in [0, 0.1) is 5.92 Å². The van der Waals surface area contributed by atoms with Crippen LogP contribution < -0.4 is 10.2 Å². The maximum atomic E-state index is 12.1. The molecule has 0 radical (unpaired) electrons. The van der Waals surface area contributed by atoms with Gasteiger partial charge >= 0.3 is 0 Å². The predicted octanol–water partition coefficient (Wildman–Crippen LogP) is 2.85. The van der Waals surface area contributed by atoms with E-state index in [4.69, 9.17) is 0 Å². The lowest BCUT2D eigenvalue weighted by molar-refractivity contribution is 0.0934. The van der Waals surface area contributed by atoms with Crippen molar-refractivity contribution in [2.75, 3.05) is 18.0 Å². The highest BCUT2D eigenvalue weighted by atomic mass is 16.1. The van der Waals surface area contributed by atoms with Gasteiger partial charge in [-0.2, -0.15) is 0 Å². The van der Waals surface area contributed by atoms with E-state index < -0.39 is 0 Å². The first-order valence-corrected chi connectivity index (χ1v) is 7.62. The molecule has 1 amide bonds. The summed E-state index contributed by atoms with van der Waals surface area (Å²) in [5, 5.41) is 2.96. The highest BCUT2D eigenvalue weighted by molar-refractivity contribution is 5.93. The summed E-state index contributed by atoms with van der Waals surface area (Å²) in [7, 11) is 0. The van der Waals surface area contributed by atoms with Crippen molar-refractivity contribution in [2.24, 2.45) is 5.92 Å². The zero-order valence-corrected chi connectivity index (χ0v) is 12.7. The van der Waals surface area contributed by atoms with Crippen molar-refractivity contribution < 1.29 is 4.79 Å². The van der Waals surface area contributed by atoms with E-state index in [1.807, 2.05) is 19.1 Å². The van der Waals surface area contributed by atoms with Gasteiger partial charge in [0.2, 0.25) is 0 Å². The molecule has 0 spiro atoms. The Morgan fingerprint density at radius 1 is 1.60 bits per heavy atom. The summed E-state index contributed by atoms with van der Waals surface area (Å²) in [4.78, 5) is 18.7. The fraction of sp³-hybridized carbons (Fsp3) is 0.625. The van der Waals surface area contributed by atoms with E-state index in [-0.39, 0.29) is 11.9 Å². The minimum absolute atomic E-state index is 0.0775. The zero-order valence-electron chi connectivity index (χ0n) is 12.7. The Morgan fingerprint density at radius 2 is 2.40 bits per heavy atom. The van der Waals surface area contributed by atoms with Crippen LogP contribution in [-0.2, 0) is 0 Å².